The topological polar surface area (TPSA) is 59.0 Å². The van der Waals surface area contributed by atoms with E-state index < -0.39 is 0 Å². The first-order chi connectivity index (χ1) is 10.8. The molecular formula is C17H18N4O. The van der Waals surface area contributed by atoms with Crippen molar-refractivity contribution < 1.29 is 4.79 Å². The van der Waals surface area contributed by atoms with Crippen LogP contribution in [0.5, 0.6) is 0 Å². The number of nitrogens with zero attached hydrogens (tertiary/aromatic N) is 4. The maximum absolute atomic E-state index is 12.6. The maximum atomic E-state index is 12.6. The number of pyridine rings is 1. The number of aromatic nitrogens is 3. The Balaban J connectivity index is 1.56. The van der Waals surface area contributed by atoms with Gasteiger partial charge in [0.1, 0.15) is 6.33 Å². The molecule has 3 heterocycles. The lowest BCUT2D eigenvalue weighted by Crippen LogP contribution is -2.33. The molecule has 0 saturated heterocycles. The molecule has 2 aromatic rings. The molecule has 1 aliphatic carbocycles. The summed E-state index contributed by atoms with van der Waals surface area (Å²) >= 11 is 0. The first-order valence-electron chi connectivity index (χ1n) is 7.85. The maximum Gasteiger partial charge on any atom is 0.253 e. The van der Waals surface area contributed by atoms with Gasteiger partial charge in [-0.25, -0.2) is 9.97 Å². The van der Waals surface area contributed by atoms with Crippen molar-refractivity contribution in [1.82, 2.24) is 19.9 Å². The average molecular weight is 294 g/mol. The standard InChI is InChI=1S/C17H18N4O/c22-17(13-3-7-18-8-4-13)21-9-5-14-15(6-10-21)19-11-20-16(14)12-1-2-12/h3-4,7-8,11-12H,1-2,5-6,9-10H2. The number of rotatable bonds is 2. The van der Waals surface area contributed by atoms with Gasteiger partial charge in [-0.05, 0) is 37.0 Å². The van der Waals surface area contributed by atoms with Crippen molar-refractivity contribution in [1.29, 1.82) is 0 Å². The minimum Gasteiger partial charge on any atom is -0.338 e. The summed E-state index contributed by atoms with van der Waals surface area (Å²) in [5, 5.41) is 0. The van der Waals surface area contributed by atoms with Crippen LogP contribution in [-0.4, -0.2) is 38.8 Å². The fraction of sp³-hybridized carbons (Fsp3) is 0.412. The van der Waals surface area contributed by atoms with Crippen LogP contribution in [0.4, 0.5) is 0 Å². The monoisotopic (exact) mass is 294 g/mol. The Bertz CT molecular complexity index is 697. The van der Waals surface area contributed by atoms with Gasteiger partial charge in [0.05, 0.1) is 5.69 Å². The smallest absolute Gasteiger partial charge is 0.253 e. The number of carbonyl (C=O) groups excluding carboxylic acids is 1. The number of amides is 1. The number of hydrogen-bond acceptors (Lipinski definition) is 4. The summed E-state index contributed by atoms with van der Waals surface area (Å²) in [5.74, 6) is 0.704. The van der Waals surface area contributed by atoms with Crippen molar-refractivity contribution in [2.75, 3.05) is 13.1 Å². The van der Waals surface area contributed by atoms with Crippen molar-refractivity contribution in [2.45, 2.75) is 31.6 Å². The van der Waals surface area contributed by atoms with Gasteiger partial charge in [0, 0.05) is 49.1 Å². The molecule has 0 atom stereocenters. The summed E-state index contributed by atoms with van der Waals surface area (Å²) in [6, 6.07) is 3.55. The molecule has 2 aromatic heterocycles. The van der Waals surface area contributed by atoms with Crippen molar-refractivity contribution in [3.05, 3.63) is 53.4 Å². The van der Waals surface area contributed by atoms with Crippen molar-refractivity contribution in [3.63, 3.8) is 0 Å². The molecule has 4 rings (SSSR count). The fourth-order valence-electron chi connectivity index (χ4n) is 3.14. The van der Waals surface area contributed by atoms with Gasteiger partial charge >= 0.3 is 0 Å². The second-order valence-corrected chi connectivity index (χ2v) is 5.99. The van der Waals surface area contributed by atoms with Gasteiger partial charge in [0.15, 0.2) is 0 Å². The van der Waals surface area contributed by atoms with Crippen LogP contribution >= 0.6 is 0 Å². The lowest BCUT2D eigenvalue weighted by atomic mass is 10.0. The predicted molar refractivity (Wildman–Crippen MR) is 81.6 cm³/mol. The van der Waals surface area contributed by atoms with E-state index in [0.29, 0.717) is 11.5 Å². The van der Waals surface area contributed by atoms with E-state index in [1.807, 2.05) is 4.90 Å². The molecule has 1 amide bonds. The first-order valence-corrected chi connectivity index (χ1v) is 7.85. The minimum atomic E-state index is 0.0798. The van der Waals surface area contributed by atoms with Gasteiger partial charge in [0.2, 0.25) is 0 Å². The van der Waals surface area contributed by atoms with Crippen LogP contribution < -0.4 is 0 Å². The molecule has 1 fully saturated rings. The number of carbonyl (C=O) groups is 1. The van der Waals surface area contributed by atoms with Gasteiger partial charge in [-0.2, -0.15) is 0 Å². The quantitative estimate of drug-likeness (QED) is 0.850. The highest BCUT2D eigenvalue weighted by molar-refractivity contribution is 5.94. The van der Waals surface area contributed by atoms with E-state index in [2.05, 4.69) is 15.0 Å². The average Bonchev–Trinajstić information content (AvgIpc) is 3.41. The number of fused-ring (bicyclic) bond motifs is 1. The Labute approximate surface area is 129 Å². The van der Waals surface area contributed by atoms with Gasteiger partial charge in [0.25, 0.3) is 5.91 Å². The fourth-order valence-corrected chi connectivity index (χ4v) is 3.14. The van der Waals surface area contributed by atoms with Crippen molar-refractivity contribution in [2.24, 2.45) is 0 Å². The zero-order valence-electron chi connectivity index (χ0n) is 12.4. The highest BCUT2D eigenvalue weighted by Crippen LogP contribution is 2.41. The van der Waals surface area contributed by atoms with E-state index >= 15 is 0 Å². The summed E-state index contributed by atoms with van der Waals surface area (Å²) < 4.78 is 0. The third kappa shape index (κ3) is 2.47. The molecule has 2 aliphatic rings. The molecule has 1 saturated carbocycles. The summed E-state index contributed by atoms with van der Waals surface area (Å²) in [6.45, 7) is 1.45. The van der Waals surface area contributed by atoms with Gasteiger partial charge in [-0.15, -0.1) is 0 Å². The summed E-state index contributed by atoms with van der Waals surface area (Å²) in [4.78, 5) is 27.5. The van der Waals surface area contributed by atoms with Crippen molar-refractivity contribution >= 4 is 5.91 Å². The Morgan fingerprint density at radius 2 is 1.86 bits per heavy atom. The van der Waals surface area contributed by atoms with Gasteiger partial charge in [-0.1, -0.05) is 0 Å². The van der Waals surface area contributed by atoms with E-state index in [4.69, 9.17) is 0 Å². The molecule has 0 aromatic carbocycles. The second kappa shape index (κ2) is 5.48. The molecule has 0 spiro atoms. The van der Waals surface area contributed by atoms with Gasteiger partial charge in [-0.3, -0.25) is 9.78 Å². The summed E-state index contributed by atoms with van der Waals surface area (Å²) in [7, 11) is 0. The van der Waals surface area contributed by atoms with Crippen LogP contribution in [0.3, 0.4) is 0 Å². The summed E-state index contributed by atoms with van der Waals surface area (Å²) in [5.41, 5.74) is 4.34. The molecule has 5 nitrogen and oxygen atoms in total. The van der Waals surface area contributed by atoms with E-state index in [1.165, 1.54) is 24.1 Å². The van der Waals surface area contributed by atoms with E-state index in [1.54, 1.807) is 30.9 Å². The lowest BCUT2D eigenvalue weighted by Gasteiger charge is -2.20. The minimum absolute atomic E-state index is 0.0798. The molecule has 22 heavy (non-hydrogen) atoms. The van der Waals surface area contributed by atoms with Crippen LogP contribution in [0.15, 0.2) is 30.9 Å². The highest BCUT2D eigenvalue weighted by atomic mass is 16.2. The molecule has 112 valence electrons. The van der Waals surface area contributed by atoms with Crippen LogP contribution in [0.2, 0.25) is 0 Å². The van der Waals surface area contributed by atoms with Crippen LogP contribution in [-0.2, 0) is 12.8 Å². The van der Waals surface area contributed by atoms with Gasteiger partial charge < -0.3 is 4.90 Å². The Morgan fingerprint density at radius 3 is 2.64 bits per heavy atom. The molecule has 0 N–H and O–H groups in total. The summed E-state index contributed by atoms with van der Waals surface area (Å²) in [6.07, 6.45) is 9.17. The number of hydrogen-bond donors (Lipinski definition) is 0. The van der Waals surface area contributed by atoms with E-state index in [0.717, 1.165) is 31.6 Å². The Kier molecular flexibility index (Phi) is 3.33. The second-order valence-electron chi connectivity index (χ2n) is 5.99. The largest absolute Gasteiger partial charge is 0.338 e. The zero-order valence-corrected chi connectivity index (χ0v) is 12.4. The molecule has 1 aliphatic heterocycles. The van der Waals surface area contributed by atoms with Crippen molar-refractivity contribution in [3.8, 4) is 0 Å². The normalized spacial score (nSPS) is 17.7. The van der Waals surface area contributed by atoms with E-state index in [-0.39, 0.29) is 5.91 Å². The molecule has 0 radical (unpaired) electrons. The lowest BCUT2D eigenvalue weighted by molar-refractivity contribution is 0.0763. The highest BCUT2D eigenvalue weighted by Gasteiger charge is 2.30. The third-order valence-corrected chi connectivity index (χ3v) is 4.50. The Morgan fingerprint density at radius 1 is 1.09 bits per heavy atom. The van der Waals surface area contributed by atoms with Crippen LogP contribution in [0.25, 0.3) is 0 Å². The first kappa shape index (κ1) is 13.4. The Hall–Kier alpha value is -2.30. The van der Waals surface area contributed by atoms with E-state index in [9.17, 15) is 4.79 Å². The SMILES string of the molecule is O=C(c1ccncc1)N1CCc2ncnc(C3CC3)c2CC1. The molecule has 0 unspecified atom stereocenters. The molecule has 0 bridgehead atoms. The predicted octanol–water partition coefficient (Wildman–Crippen LogP) is 1.99. The molecule has 5 heteroatoms. The van der Waals surface area contributed by atoms with Crippen LogP contribution in [0.1, 0.15) is 46.1 Å². The third-order valence-electron chi connectivity index (χ3n) is 4.50. The zero-order chi connectivity index (χ0) is 14.9. The molecular weight excluding hydrogens is 276 g/mol. The van der Waals surface area contributed by atoms with Crippen LogP contribution in [0, 0.1) is 0 Å².